The molecule has 0 saturated carbocycles. The second-order valence-electron chi connectivity index (χ2n) is 4.16. The largest absolute Gasteiger partial charge is 0.314 e. The van der Waals surface area contributed by atoms with E-state index in [0.717, 1.165) is 6.20 Å². The highest BCUT2D eigenvalue weighted by Gasteiger charge is 2.26. The average molecular weight is 328 g/mol. The van der Waals surface area contributed by atoms with Gasteiger partial charge in [-0.15, -0.1) is 4.91 Å². The minimum Gasteiger partial charge on any atom is -0.281 e. The van der Waals surface area contributed by atoms with E-state index in [1.54, 1.807) is 24.3 Å². The summed E-state index contributed by atoms with van der Waals surface area (Å²) in [7, 11) is -4.48. The predicted octanol–water partition coefficient (Wildman–Crippen LogP) is 2.92. The van der Waals surface area contributed by atoms with Gasteiger partial charge in [0.1, 0.15) is 0 Å². The molecule has 1 heterocycles. The van der Waals surface area contributed by atoms with Crippen LogP contribution in [0.25, 0.3) is 0 Å². The number of allylic oxidation sites excluding steroid dienone is 1. The minimum atomic E-state index is -4.48. The van der Waals surface area contributed by atoms with Gasteiger partial charge in [0, 0.05) is 5.02 Å². The van der Waals surface area contributed by atoms with E-state index >= 15 is 0 Å². The molecule has 0 spiro atoms. The van der Waals surface area contributed by atoms with E-state index in [4.69, 9.17) is 11.6 Å². The van der Waals surface area contributed by atoms with Crippen LogP contribution in [0.5, 0.6) is 0 Å². The first-order valence-electron chi connectivity index (χ1n) is 5.66. The zero-order valence-corrected chi connectivity index (χ0v) is 12.3. The first kappa shape index (κ1) is 15.4. The van der Waals surface area contributed by atoms with Crippen LogP contribution < -0.4 is 5.01 Å². The van der Waals surface area contributed by atoms with Crippen molar-refractivity contribution in [3.63, 3.8) is 0 Å². The van der Waals surface area contributed by atoms with Crippen LogP contribution in [0, 0.1) is 4.91 Å². The second kappa shape index (κ2) is 5.76. The molecule has 0 unspecified atom stereocenters. The number of rotatable bonds is 2. The Morgan fingerprint density at radius 1 is 1.33 bits per heavy atom. The lowest BCUT2D eigenvalue weighted by Gasteiger charge is -2.24. The van der Waals surface area contributed by atoms with E-state index in [-0.39, 0.29) is 11.3 Å². The molecule has 1 aromatic carbocycles. The molecule has 0 aromatic heterocycles. The number of halogens is 1. The van der Waals surface area contributed by atoms with Crippen LogP contribution in [-0.2, 0) is 10.1 Å². The van der Waals surface area contributed by atoms with Crippen LogP contribution >= 0.6 is 11.6 Å². The molecule has 1 aliphatic rings. The summed E-state index contributed by atoms with van der Waals surface area (Å²) < 4.78 is 31.8. The van der Waals surface area contributed by atoms with Gasteiger partial charge in [-0.05, 0) is 48.0 Å². The Hall–Kier alpha value is -2.03. The summed E-state index contributed by atoms with van der Waals surface area (Å²) in [4.78, 5) is 10.5. The van der Waals surface area contributed by atoms with Crippen molar-refractivity contribution in [1.29, 1.82) is 0 Å². The highest BCUT2D eigenvalue weighted by Crippen LogP contribution is 2.27. The third kappa shape index (κ3) is 3.35. The van der Waals surface area contributed by atoms with Crippen LogP contribution in [0.4, 0.5) is 5.69 Å². The topological polar surface area (TPSA) is 99.4 Å². The fraction of sp³-hybridized carbons (Fsp3) is 0.0833. The van der Waals surface area contributed by atoms with Gasteiger partial charge in [-0.2, -0.15) is 13.5 Å². The van der Waals surface area contributed by atoms with Crippen molar-refractivity contribution in [2.24, 2.45) is 10.3 Å². The molecule has 1 N–H and O–H groups in total. The normalized spacial score (nSPS) is 17.5. The van der Waals surface area contributed by atoms with E-state index < -0.39 is 15.2 Å². The lowest BCUT2D eigenvalue weighted by atomic mass is 10.2. The predicted molar refractivity (Wildman–Crippen MR) is 80.5 cm³/mol. The quantitative estimate of drug-likeness (QED) is 0.665. The molecule has 0 fully saturated rings. The SMILES string of the molecule is CC1=C/C(=C\N=O)N(c2ccc(Cl)cc2)N=C1S(=O)(=O)O. The Balaban J connectivity index is 2.59. The van der Waals surface area contributed by atoms with Crippen LogP contribution in [0.2, 0.25) is 5.02 Å². The van der Waals surface area contributed by atoms with Crippen molar-refractivity contribution >= 4 is 32.5 Å². The van der Waals surface area contributed by atoms with Gasteiger partial charge in [-0.1, -0.05) is 11.6 Å². The van der Waals surface area contributed by atoms with Gasteiger partial charge >= 0.3 is 10.1 Å². The summed E-state index contributed by atoms with van der Waals surface area (Å²) >= 11 is 5.79. The Bertz CT molecular complexity index is 766. The average Bonchev–Trinajstić information content (AvgIpc) is 2.39. The third-order valence-electron chi connectivity index (χ3n) is 2.64. The lowest BCUT2D eigenvalue weighted by Crippen LogP contribution is -2.27. The summed E-state index contributed by atoms with van der Waals surface area (Å²) in [5.74, 6) is 0. The standard InChI is InChI=1S/C12H10ClN3O4S/c1-8-6-11(7-14-17)16(15-12(8)21(18,19)20)10-4-2-9(13)3-5-10/h2-7H,1H3,(H,18,19,20)/b11-7+. The van der Waals surface area contributed by atoms with E-state index in [9.17, 15) is 17.9 Å². The fourth-order valence-corrected chi connectivity index (χ4v) is 2.54. The van der Waals surface area contributed by atoms with Crippen molar-refractivity contribution in [3.8, 4) is 0 Å². The zero-order valence-electron chi connectivity index (χ0n) is 10.8. The number of nitrogens with zero attached hydrogens (tertiary/aromatic N) is 3. The zero-order chi connectivity index (χ0) is 15.6. The molecule has 21 heavy (non-hydrogen) atoms. The number of hydrogen-bond donors (Lipinski definition) is 1. The first-order chi connectivity index (χ1) is 9.82. The third-order valence-corrected chi connectivity index (χ3v) is 3.78. The molecule has 0 atom stereocenters. The molecule has 0 aliphatic carbocycles. The van der Waals surface area contributed by atoms with E-state index in [2.05, 4.69) is 10.3 Å². The van der Waals surface area contributed by atoms with E-state index in [0.29, 0.717) is 10.7 Å². The number of hydrazone groups is 1. The van der Waals surface area contributed by atoms with Gasteiger partial charge in [-0.3, -0.25) is 4.55 Å². The Labute approximate surface area is 125 Å². The molecule has 2 rings (SSSR count). The highest BCUT2D eigenvalue weighted by molar-refractivity contribution is 8.02. The number of benzene rings is 1. The maximum Gasteiger partial charge on any atom is 0.314 e. The van der Waals surface area contributed by atoms with Crippen LogP contribution in [0.15, 0.2) is 58.1 Å². The van der Waals surface area contributed by atoms with Gasteiger partial charge in [0.15, 0.2) is 0 Å². The molecular weight excluding hydrogens is 318 g/mol. The molecule has 1 aliphatic heterocycles. The summed E-state index contributed by atoms with van der Waals surface area (Å²) in [6.07, 6.45) is 2.37. The Morgan fingerprint density at radius 3 is 2.48 bits per heavy atom. The summed E-state index contributed by atoms with van der Waals surface area (Å²) in [5.41, 5.74) is 0.911. The maximum atomic E-state index is 11.3. The van der Waals surface area contributed by atoms with Crippen LogP contribution in [0.1, 0.15) is 6.92 Å². The maximum absolute atomic E-state index is 11.3. The fourth-order valence-electron chi connectivity index (χ4n) is 1.76. The van der Waals surface area contributed by atoms with Crippen molar-refractivity contribution in [2.45, 2.75) is 6.92 Å². The summed E-state index contributed by atoms with van der Waals surface area (Å²) in [5, 5.41) is 7.70. The molecule has 9 heteroatoms. The van der Waals surface area contributed by atoms with Gasteiger partial charge in [-0.25, -0.2) is 5.01 Å². The number of hydrogen-bond acceptors (Lipinski definition) is 6. The Morgan fingerprint density at radius 2 is 1.95 bits per heavy atom. The highest BCUT2D eigenvalue weighted by atomic mass is 35.5. The van der Waals surface area contributed by atoms with E-state index in [1.165, 1.54) is 18.0 Å². The number of anilines is 1. The monoisotopic (exact) mass is 327 g/mol. The summed E-state index contributed by atoms with van der Waals surface area (Å²) in [6, 6.07) is 6.33. The van der Waals surface area contributed by atoms with Crippen molar-refractivity contribution in [1.82, 2.24) is 0 Å². The van der Waals surface area contributed by atoms with E-state index in [1.807, 2.05) is 0 Å². The molecule has 0 saturated heterocycles. The molecular formula is C12H10ClN3O4S. The van der Waals surface area contributed by atoms with Gasteiger partial charge in [0.2, 0.25) is 5.04 Å². The molecule has 0 radical (unpaired) electrons. The molecule has 110 valence electrons. The van der Waals surface area contributed by atoms with Gasteiger partial charge < -0.3 is 0 Å². The first-order valence-corrected chi connectivity index (χ1v) is 7.48. The second-order valence-corrected chi connectivity index (χ2v) is 5.93. The van der Waals surface area contributed by atoms with Gasteiger partial charge in [0.25, 0.3) is 0 Å². The lowest BCUT2D eigenvalue weighted by molar-refractivity contribution is 0.498. The van der Waals surface area contributed by atoms with Gasteiger partial charge in [0.05, 0.1) is 17.6 Å². The molecule has 1 aromatic rings. The summed E-state index contributed by atoms with van der Waals surface area (Å²) in [6.45, 7) is 1.45. The van der Waals surface area contributed by atoms with Crippen molar-refractivity contribution < 1.29 is 13.0 Å². The molecule has 0 bridgehead atoms. The van der Waals surface area contributed by atoms with Crippen LogP contribution in [0.3, 0.4) is 0 Å². The Kier molecular flexibility index (Phi) is 4.21. The van der Waals surface area contributed by atoms with Crippen LogP contribution in [-0.4, -0.2) is 18.0 Å². The molecule has 0 amide bonds. The van der Waals surface area contributed by atoms with Crippen molar-refractivity contribution in [3.05, 3.63) is 57.7 Å². The number of nitroso groups, excluding NO2 is 1. The minimum absolute atomic E-state index is 0.192. The molecule has 7 nitrogen and oxygen atoms in total. The van der Waals surface area contributed by atoms with Crippen molar-refractivity contribution in [2.75, 3.05) is 5.01 Å². The smallest absolute Gasteiger partial charge is 0.281 e.